The Morgan fingerprint density at radius 2 is 2.06 bits per heavy atom. The quantitative estimate of drug-likeness (QED) is 0.885. The molecule has 0 unspecified atom stereocenters. The van der Waals surface area contributed by atoms with Crippen molar-refractivity contribution in [3.8, 4) is 0 Å². The van der Waals surface area contributed by atoms with Crippen molar-refractivity contribution in [1.82, 2.24) is 0 Å². The Labute approximate surface area is 102 Å². The zero-order valence-electron chi connectivity index (χ0n) is 9.46. The van der Waals surface area contributed by atoms with E-state index in [-0.39, 0.29) is 5.75 Å². The lowest BCUT2D eigenvalue weighted by molar-refractivity contribution is 0.598. The summed E-state index contributed by atoms with van der Waals surface area (Å²) < 4.78 is 25.9. The van der Waals surface area contributed by atoms with Crippen LogP contribution in [0.4, 0.5) is 5.69 Å². The molecule has 0 aliphatic heterocycles. The lowest BCUT2D eigenvalue weighted by Gasteiger charge is -2.10. The molecule has 0 aliphatic rings. The molecule has 90 valence electrons. The summed E-state index contributed by atoms with van der Waals surface area (Å²) in [6, 6.07) is 5.18. The molecule has 0 atom stereocenters. The van der Waals surface area contributed by atoms with Gasteiger partial charge in [-0.2, -0.15) is 0 Å². The lowest BCUT2D eigenvalue weighted by atomic mass is 10.2. The average molecular weight is 262 g/mol. The summed E-state index contributed by atoms with van der Waals surface area (Å²) in [6.07, 6.45) is 1.52. The van der Waals surface area contributed by atoms with Crippen LogP contribution in [0.1, 0.15) is 25.3 Å². The molecule has 5 heteroatoms. The molecule has 1 N–H and O–H groups in total. The van der Waals surface area contributed by atoms with Crippen LogP contribution >= 0.6 is 11.6 Å². The summed E-state index contributed by atoms with van der Waals surface area (Å²) >= 11 is 5.91. The van der Waals surface area contributed by atoms with Gasteiger partial charge in [-0.05, 0) is 31.0 Å². The largest absolute Gasteiger partial charge is 0.283 e. The smallest absolute Gasteiger partial charge is 0.232 e. The minimum Gasteiger partial charge on any atom is -0.283 e. The van der Waals surface area contributed by atoms with E-state index in [1.165, 1.54) is 0 Å². The zero-order valence-corrected chi connectivity index (χ0v) is 11.0. The van der Waals surface area contributed by atoms with Crippen molar-refractivity contribution in [1.29, 1.82) is 0 Å². The third kappa shape index (κ3) is 3.68. The van der Waals surface area contributed by atoms with Crippen LogP contribution in [0, 0.1) is 6.92 Å². The van der Waals surface area contributed by atoms with Crippen molar-refractivity contribution >= 4 is 27.3 Å². The van der Waals surface area contributed by atoms with Gasteiger partial charge in [-0.15, -0.1) is 0 Å². The first kappa shape index (κ1) is 13.3. The molecule has 1 rings (SSSR count). The number of hydrogen-bond donors (Lipinski definition) is 1. The highest BCUT2D eigenvalue weighted by Gasteiger charge is 2.11. The molecule has 0 fully saturated rings. The van der Waals surface area contributed by atoms with E-state index in [1.54, 1.807) is 25.1 Å². The number of nitrogens with one attached hydrogen (secondary N) is 1. The van der Waals surface area contributed by atoms with Crippen LogP contribution < -0.4 is 4.72 Å². The van der Waals surface area contributed by atoms with E-state index < -0.39 is 10.0 Å². The molecule has 0 saturated carbocycles. The highest BCUT2D eigenvalue weighted by Crippen LogP contribution is 2.23. The second-order valence-electron chi connectivity index (χ2n) is 3.69. The third-order valence-electron chi connectivity index (χ3n) is 2.30. The van der Waals surface area contributed by atoms with Gasteiger partial charge in [0.1, 0.15) is 0 Å². The fourth-order valence-electron chi connectivity index (χ4n) is 1.27. The van der Waals surface area contributed by atoms with Gasteiger partial charge in [-0.25, -0.2) is 8.42 Å². The van der Waals surface area contributed by atoms with Gasteiger partial charge in [0, 0.05) is 5.02 Å². The van der Waals surface area contributed by atoms with Crippen molar-refractivity contribution < 1.29 is 8.42 Å². The van der Waals surface area contributed by atoms with E-state index in [9.17, 15) is 8.42 Å². The number of benzene rings is 1. The highest BCUT2D eigenvalue weighted by molar-refractivity contribution is 7.92. The Morgan fingerprint density at radius 1 is 1.38 bits per heavy atom. The number of hydrogen-bond acceptors (Lipinski definition) is 2. The first-order valence-electron chi connectivity index (χ1n) is 5.22. The van der Waals surface area contributed by atoms with Gasteiger partial charge >= 0.3 is 0 Å². The van der Waals surface area contributed by atoms with E-state index in [0.29, 0.717) is 17.1 Å². The molecule has 0 radical (unpaired) electrons. The van der Waals surface area contributed by atoms with Crippen molar-refractivity contribution in [2.45, 2.75) is 26.7 Å². The van der Waals surface area contributed by atoms with Crippen molar-refractivity contribution in [2.24, 2.45) is 0 Å². The topological polar surface area (TPSA) is 46.2 Å². The summed E-state index contributed by atoms with van der Waals surface area (Å²) in [5, 5.41) is 0.565. The van der Waals surface area contributed by atoms with Crippen LogP contribution in [0.5, 0.6) is 0 Å². The monoisotopic (exact) mass is 261 g/mol. The first-order chi connectivity index (χ1) is 7.46. The normalized spacial score (nSPS) is 11.4. The Hall–Kier alpha value is -0.740. The van der Waals surface area contributed by atoms with Gasteiger partial charge in [-0.3, -0.25) is 4.72 Å². The molecule has 0 aliphatic carbocycles. The first-order valence-corrected chi connectivity index (χ1v) is 7.25. The summed E-state index contributed by atoms with van der Waals surface area (Å²) in [5.41, 5.74) is 1.31. The van der Waals surface area contributed by atoms with Gasteiger partial charge in [0.05, 0.1) is 11.4 Å². The fraction of sp³-hybridized carbons (Fsp3) is 0.455. The Kier molecular flexibility index (Phi) is 4.62. The Morgan fingerprint density at radius 3 is 2.69 bits per heavy atom. The van der Waals surface area contributed by atoms with Gasteiger partial charge in [0.15, 0.2) is 0 Å². The van der Waals surface area contributed by atoms with E-state index >= 15 is 0 Å². The van der Waals surface area contributed by atoms with E-state index in [0.717, 1.165) is 12.0 Å². The predicted octanol–water partition coefficient (Wildman–Crippen LogP) is 3.19. The van der Waals surface area contributed by atoms with E-state index in [1.807, 2.05) is 6.92 Å². The second-order valence-corrected chi connectivity index (χ2v) is 5.94. The van der Waals surface area contributed by atoms with Gasteiger partial charge < -0.3 is 0 Å². The van der Waals surface area contributed by atoms with Crippen molar-refractivity contribution in [2.75, 3.05) is 10.5 Å². The van der Waals surface area contributed by atoms with Crippen molar-refractivity contribution in [3.05, 3.63) is 28.8 Å². The van der Waals surface area contributed by atoms with Crippen LogP contribution in [0.15, 0.2) is 18.2 Å². The summed E-state index contributed by atoms with van der Waals surface area (Å²) in [7, 11) is -3.24. The van der Waals surface area contributed by atoms with Crippen LogP contribution in [-0.2, 0) is 10.0 Å². The maximum absolute atomic E-state index is 11.7. The molecule has 3 nitrogen and oxygen atoms in total. The maximum atomic E-state index is 11.7. The van der Waals surface area contributed by atoms with Crippen LogP contribution in [0.2, 0.25) is 5.02 Å². The minimum atomic E-state index is -3.24. The standard InChI is InChI=1S/C11H16ClNO2S/c1-3-4-8-16(14,15)13-11-7-5-6-10(12)9(11)2/h5-7,13H,3-4,8H2,1-2H3. The van der Waals surface area contributed by atoms with Crippen molar-refractivity contribution in [3.63, 3.8) is 0 Å². The highest BCUT2D eigenvalue weighted by atomic mass is 35.5. The van der Waals surface area contributed by atoms with Gasteiger partial charge in [-0.1, -0.05) is 31.0 Å². The SMILES string of the molecule is CCCCS(=O)(=O)Nc1cccc(Cl)c1C. The summed E-state index contributed by atoms with van der Waals surface area (Å²) in [4.78, 5) is 0. The molecule has 0 spiro atoms. The number of halogens is 1. The summed E-state index contributed by atoms with van der Waals surface area (Å²) in [5.74, 6) is 0.148. The second kappa shape index (κ2) is 5.55. The maximum Gasteiger partial charge on any atom is 0.232 e. The molecule has 0 bridgehead atoms. The molecule has 0 saturated heterocycles. The Balaban J connectivity index is 2.84. The molecule has 16 heavy (non-hydrogen) atoms. The molecule has 0 aromatic heterocycles. The Bertz CT molecular complexity index is 457. The van der Waals surface area contributed by atoms with E-state index in [4.69, 9.17) is 11.6 Å². The summed E-state index contributed by atoms with van der Waals surface area (Å²) in [6.45, 7) is 3.75. The fourth-order valence-corrected chi connectivity index (χ4v) is 2.77. The molecule has 1 aromatic carbocycles. The molecule has 1 aromatic rings. The van der Waals surface area contributed by atoms with Gasteiger partial charge in [0.25, 0.3) is 0 Å². The number of sulfonamides is 1. The van der Waals surface area contributed by atoms with Crippen LogP contribution in [-0.4, -0.2) is 14.2 Å². The number of anilines is 1. The predicted molar refractivity (Wildman–Crippen MR) is 68.5 cm³/mol. The average Bonchev–Trinajstić information content (AvgIpc) is 2.22. The zero-order chi connectivity index (χ0) is 12.2. The molecular weight excluding hydrogens is 246 g/mol. The minimum absolute atomic E-state index is 0.148. The molecular formula is C11H16ClNO2S. The van der Waals surface area contributed by atoms with Gasteiger partial charge in [0.2, 0.25) is 10.0 Å². The lowest BCUT2D eigenvalue weighted by Crippen LogP contribution is -2.17. The van der Waals surface area contributed by atoms with E-state index in [2.05, 4.69) is 4.72 Å². The molecule has 0 heterocycles. The number of rotatable bonds is 5. The van der Waals surface area contributed by atoms with Crippen LogP contribution in [0.3, 0.4) is 0 Å². The third-order valence-corrected chi connectivity index (χ3v) is 4.07. The number of unbranched alkanes of at least 4 members (excludes halogenated alkanes) is 1. The molecule has 0 amide bonds. The van der Waals surface area contributed by atoms with Crippen LogP contribution in [0.25, 0.3) is 0 Å².